The number of amides is 1. The summed E-state index contributed by atoms with van der Waals surface area (Å²) in [4.78, 5) is 26.7. The fraction of sp³-hybridized carbons (Fsp3) is 0.208. The van der Waals surface area contributed by atoms with Crippen molar-refractivity contribution >= 4 is 5.91 Å². The number of benzene rings is 2. The van der Waals surface area contributed by atoms with Gasteiger partial charge in [-0.05, 0) is 31.2 Å². The van der Waals surface area contributed by atoms with Gasteiger partial charge < -0.3 is 18.9 Å². The third-order valence-corrected chi connectivity index (χ3v) is 5.21. The van der Waals surface area contributed by atoms with E-state index in [1.165, 1.54) is 0 Å². The Hall–Kier alpha value is -4.27. The van der Waals surface area contributed by atoms with Gasteiger partial charge in [-0.25, -0.2) is 4.98 Å². The Kier molecular flexibility index (Phi) is 5.67. The van der Waals surface area contributed by atoms with Crippen molar-refractivity contribution in [3.05, 3.63) is 72.7 Å². The van der Waals surface area contributed by atoms with Gasteiger partial charge in [-0.1, -0.05) is 35.0 Å². The van der Waals surface area contributed by atoms with Crippen molar-refractivity contribution in [3.8, 4) is 34.5 Å². The average molecular weight is 443 g/mol. The number of carbonyl (C=O) groups excluding carboxylic acids is 1. The van der Waals surface area contributed by atoms with E-state index in [1.54, 1.807) is 23.5 Å². The molecule has 5 rings (SSSR count). The van der Waals surface area contributed by atoms with Crippen molar-refractivity contribution in [2.75, 3.05) is 19.7 Å². The molecule has 3 heterocycles. The van der Waals surface area contributed by atoms with E-state index in [-0.39, 0.29) is 18.6 Å². The summed E-state index contributed by atoms with van der Waals surface area (Å²) in [6.45, 7) is 2.97. The summed E-state index contributed by atoms with van der Waals surface area (Å²) < 4.78 is 17.1. The van der Waals surface area contributed by atoms with E-state index in [2.05, 4.69) is 20.1 Å². The first-order valence-electron chi connectivity index (χ1n) is 10.5. The van der Waals surface area contributed by atoms with Crippen molar-refractivity contribution in [2.45, 2.75) is 13.0 Å². The number of likely N-dealkylation sites (tertiary alicyclic amines) is 1. The highest BCUT2D eigenvalue weighted by atomic mass is 16.5. The summed E-state index contributed by atoms with van der Waals surface area (Å²) >= 11 is 0. The van der Waals surface area contributed by atoms with Crippen LogP contribution in [0.3, 0.4) is 0 Å². The van der Waals surface area contributed by atoms with E-state index in [0.717, 1.165) is 5.56 Å². The molecule has 166 valence electrons. The van der Waals surface area contributed by atoms with Crippen LogP contribution < -0.4 is 9.47 Å². The van der Waals surface area contributed by atoms with E-state index < -0.39 is 0 Å². The number of hydrogen-bond acceptors (Lipinski definition) is 8. The maximum Gasteiger partial charge on any atom is 0.262 e. The van der Waals surface area contributed by atoms with Gasteiger partial charge >= 0.3 is 0 Å². The number of hydrogen-bond donors (Lipinski definition) is 0. The van der Waals surface area contributed by atoms with Crippen molar-refractivity contribution in [2.24, 2.45) is 0 Å². The van der Waals surface area contributed by atoms with E-state index >= 15 is 0 Å². The third-order valence-electron chi connectivity index (χ3n) is 5.21. The van der Waals surface area contributed by atoms with Gasteiger partial charge in [-0.15, -0.1) is 0 Å². The van der Waals surface area contributed by atoms with Crippen LogP contribution in [-0.4, -0.2) is 56.7 Å². The number of carbonyl (C=O) groups is 1. The van der Waals surface area contributed by atoms with E-state index in [1.807, 2.05) is 55.5 Å². The molecule has 33 heavy (non-hydrogen) atoms. The molecule has 0 spiro atoms. The van der Waals surface area contributed by atoms with E-state index in [4.69, 9.17) is 14.0 Å². The molecule has 1 amide bonds. The lowest BCUT2D eigenvalue weighted by molar-refractivity contribution is -0.142. The molecule has 1 aliphatic heterocycles. The van der Waals surface area contributed by atoms with E-state index in [9.17, 15) is 4.79 Å². The molecule has 0 atom stereocenters. The zero-order valence-electron chi connectivity index (χ0n) is 17.9. The van der Waals surface area contributed by atoms with Crippen molar-refractivity contribution < 1.29 is 18.8 Å². The van der Waals surface area contributed by atoms with Crippen molar-refractivity contribution in [1.82, 2.24) is 25.0 Å². The third kappa shape index (κ3) is 4.67. The minimum absolute atomic E-state index is 0.000488. The first-order valence-corrected chi connectivity index (χ1v) is 10.5. The molecular weight excluding hydrogens is 422 g/mol. The Morgan fingerprint density at radius 1 is 1.12 bits per heavy atom. The molecule has 2 aromatic heterocycles. The van der Waals surface area contributed by atoms with Gasteiger partial charge in [-0.2, -0.15) is 4.98 Å². The molecule has 4 aromatic rings. The molecule has 2 aromatic carbocycles. The van der Waals surface area contributed by atoms with Crippen LogP contribution in [0.15, 0.2) is 71.6 Å². The van der Waals surface area contributed by atoms with Gasteiger partial charge in [0.05, 0.1) is 24.8 Å². The van der Waals surface area contributed by atoms with Crippen LogP contribution in [0.1, 0.15) is 5.56 Å². The number of para-hydroxylation sites is 1. The summed E-state index contributed by atoms with van der Waals surface area (Å²) in [5.41, 5.74) is 2.33. The number of ether oxygens (including phenoxy) is 2. The quantitative estimate of drug-likeness (QED) is 0.429. The standard InChI is InChI=1S/C24H21N5O4/c1-16-6-8-17(9-7-16)31-15-22(30)29-13-18(14-29)32-21-5-3-2-4-19(21)24-27-23(28-33-24)20-12-25-10-11-26-20/h2-12,18H,13-15H2,1H3. The normalized spacial score (nSPS) is 13.4. The molecule has 0 radical (unpaired) electrons. The molecule has 1 aliphatic rings. The van der Waals surface area contributed by atoms with Gasteiger partial charge in [0.15, 0.2) is 6.61 Å². The fourth-order valence-corrected chi connectivity index (χ4v) is 3.36. The molecule has 0 N–H and O–H groups in total. The van der Waals surface area contributed by atoms with Gasteiger partial charge in [0, 0.05) is 12.4 Å². The number of nitrogens with zero attached hydrogens (tertiary/aromatic N) is 5. The van der Waals surface area contributed by atoms with Crippen LogP contribution in [0.2, 0.25) is 0 Å². The van der Waals surface area contributed by atoms with Gasteiger partial charge in [0.25, 0.3) is 11.8 Å². The van der Waals surface area contributed by atoms with Crippen LogP contribution in [0, 0.1) is 6.92 Å². The Labute approximate surface area is 190 Å². The van der Waals surface area contributed by atoms with Crippen LogP contribution in [-0.2, 0) is 4.79 Å². The molecule has 1 fully saturated rings. The topological polar surface area (TPSA) is 103 Å². The zero-order chi connectivity index (χ0) is 22.6. The maximum atomic E-state index is 12.4. The molecular formula is C24H21N5O4. The fourth-order valence-electron chi connectivity index (χ4n) is 3.36. The molecule has 9 heteroatoms. The lowest BCUT2D eigenvalue weighted by atomic mass is 10.1. The second kappa shape index (κ2) is 9.07. The van der Waals surface area contributed by atoms with Crippen LogP contribution in [0.5, 0.6) is 11.5 Å². The van der Waals surface area contributed by atoms with Crippen molar-refractivity contribution in [3.63, 3.8) is 0 Å². The molecule has 9 nitrogen and oxygen atoms in total. The monoisotopic (exact) mass is 443 g/mol. The van der Waals surface area contributed by atoms with Gasteiger partial charge in [0.2, 0.25) is 5.82 Å². The summed E-state index contributed by atoms with van der Waals surface area (Å²) in [7, 11) is 0. The minimum Gasteiger partial charge on any atom is -0.486 e. The summed E-state index contributed by atoms with van der Waals surface area (Å²) in [5.74, 6) is 1.89. The molecule has 0 aliphatic carbocycles. The summed E-state index contributed by atoms with van der Waals surface area (Å²) in [6, 6.07) is 15.0. The summed E-state index contributed by atoms with van der Waals surface area (Å²) in [5, 5.41) is 3.99. The largest absolute Gasteiger partial charge is 0.486 e. The number of aryl methyl sites for hydroxylation is 1. The Bertz CT molecular complexity index is 1240. The minimum atomic E-state index is -0.128. The average Bonchev–Trinajstić information content (AvgIpc) is 3.31. The lowest BCUT2D eigenvalue weighted by Crippen LogP contribution is -2.57. The highest BCUT2D eigenvalue weighted by Crippen LogP contribution is 2.31. The molecule has 1 saturated heterocycles. The summed E-state index contributed by atoms with van der Waals surface area (Å²) in [6.07, 6.45) is 4.59. The Morgan fingerprint density at radius 2 is 1.94 bits per heavy atom. The highest BCUT2D eigenvalue weighted by molar-refractivity contribution is 5.78. The number of aromatic nitrogens is 4. The number of rotatable bonds is 7. The van der Waals surface area contributed by atoms with Gasteiger partial charge in [0.1, 0.15) is 23.3 Å². The van der Waals surface area contributed by atoms with Crippen LogP contribution in [0.25, 0.3) is 23.0 Å². The molecule has 0 saturated carbocycles. The first kappa shape index (κ1) is 20.6. The van der Waals surface area contributed by atoms with Crippen molar-refractivity contribution in [1.29, 1.82) is 0 Å². The van der Waals surface area contributed by atoms with Crippen LogP contribution in [0.4, 0.5) is 0 Å². The first-order chi connectivity index (χ1) is 16.2. The predicted molar refractivity (Wildman–Crippen MR) is 118 cm³/mol. The van der Waals surface area contributed by atoms with Crippen LogP contribution >= 0.6 is 0 Å². The smallest absolute Gasteiger partial charge is 0.262 e. The second-order valence-corrected chi connectivity index (χ2v) is 7.65. The van der Waals surface area contributed by atoms with Gasteiger partial charge in [-0.3, -0.25) is 9.78 Å². The highest BCUT2D eigenvalue weighted by Gasteiger charge is 2.33. The SMILES string of the molecule is Cc1ccc(OCC(=O)N2CC(Oc3ccccc3-c3nc(-c4cnccn4)no3)C2)cc1. The van der Waals surface area contributed by atoms with E-state index in [0.29, 0.717) is 47.6 Å². The predicted octanol–water partition coefficient (Wildman–Crippen LogP) is 3.17. The zero-order valence-corrected chi connectivity index (χ0v) is 17.9. The molecule has 0 unspecified atom stereocenters. The lowest BCUT2D eigenvalue weighted by Gasteiger charge is -2.39. The Morgan fingerprint density at radius 3 is 2.73 bits per heavy atom. The maximum absolute atomic E-state index is 12.4. The second-order valence-electron chi connectivity index (χ2n) is 7.65. The molecule has 0 bridgehead atoms. The Balaban J connectivity index is 1.18.